The molecule has 0 saturated heterocycles. The molecule has 5 heteroatoms. The number of aromatic hydroxyl groups is 1. The molecule has 0 saturated carbocycles. The SMILES string of the molecule is CNS(=O)(=O)c1c(O)cccc1C(C)(C)C. The fourth-order valence-corrected chi connectivity index (χ4v) is 2.71. The van der Waals surface area contributed by atoms with Gasteiger partial charge in [-0.15, -0.1) is 0 Å². The van der Waals surface area contributed by atoms with Crippen molar-refractivity contribution in [1.29, 1.82) is 0 Å². The molecule has 1 rings (SSSR count). The maximum absolute atomic E-state index is 11.8. The fourth-order valence-electron chi connectivity index (χ4n) is 1.50. The second-order valence-corrected chi connectivity index (χ2v) is 6.43. The van der Waals surface area contributed by atoms with Gasteiger partial charge in [-0.3, -0.25) is 0 Å². The van der Waals surface area contributed by atoms with Crippen molar-refractivity contribution in [2.75, 3.05) is 7.05 Å². The van der Waals surface area contributed by atoms with E-state index in [2.05, 4.69) is 4.72 Å². The van der Waals surface area contributed by atoms with Crippen molar-refractivity contribution in [2.24, 2.45) is 0 Å². The molecule has 90 valence electrons. The average Bonchev–Trinajstić information content (AvgIpc) is 2.15. The first-order valence-corrected chi connectivity index (χ1v) is 6.44. The van der Waals surface area contributed by atoms with Gasteiger partial charge in [-0.1, -0.05) is 32.9 Å². The van der Waals surface area contributed by atoms with Crippen molar-refractivity contribution in [1.82, 2.24) is 4.72 Å². The highest BCUT2D eigenvalue weighted by atomic mass is 32.2. The Morgan fingerprint density at radius 3 is 2.25 bits per heavy atom. The first-order chi connectivity index (χ1) is 7.20. The Morgan fingerprint density at radius 1 is 1.25 bits per heavy atom. The fraction of sp³-hybridized carbons (Fsp3) is 0.455. The third-order valence-electron chi connectivity index (χ3n) is 2.34. The Labute approximate surface area is 96.4 Å². The Hall–Kier alpha value is -1.07. The summed E-state index contributed by atoms with van der Waals surface area (Å²) in [5, 5.41) is 9.70. The van der Waals surface area contributed by atoms with Gasteiger partial charge in [0, 0.05) is 0 Å². The molecule has 0 aliphatic carbocycles. The zero-order valence-corrected chi connectivity index (χ0v) is 10.7. The van der Waals surface area contributed by atoms with Crippen LogP contribution in [0.25, 0.3) is 0 Å². The first kappa shape index (κ1) is 13.0. The molecule has 4 nitrogen and oxygen atoms in total. The van der Waals surface area contributed by atoms with Crippen LogP contribution in [0.1, 0.15) is 26.3 Å². The van der Waals surface area contributed by atoms with Crippen molar-refractivity contribution in [3.05, 3.63) is 23.8 Å². The van der Waals surface area contributed by atoms with E-state index in [9.17, 15) is 13.5 Å². The van der Waals surface area contributed by atoms with E-state index in [0.29, 0.717) is 5.56 Å². The molecule has 0 bridgehead atoms. The monoisotopic (exact) mass is 243 g/mol. The molecule has 0 aliphatic heterocycles. The number of hydrogen-bond acceptors (Lipinski definition) is 3. The van der Waals surface area contributed by atoms with E-state index < -0.39 is 10.0 Å². The van der Waals surface area contributed by atoms with Crippen LogP contribution in [0.5, 0.6) is 5.75 Å². The van der Waals surface area contributed by atoms with Crippen LogP contribution in [0.15, 0.2) is 23.1 Å². The second kappa shape index (κ2) is 4.07. The van der Waals surface area contributed by atoms with Gasteiger partial charge in [-0.25, -0.2) is 13.1 Å². The van der Waals surface area contributed by atoms with Crippen LogP contribution in [0.2, 0.25) is 0 Å². The third-order valence-corrected chi connectivity index (χ3v) is 3.84. The van der Waals surface area contributed by atoms with Gasteiger partial charge in [0.1, 0.15) is 10.6 Å². The predicted octanol–water partition coefficient (Wildman–Crippen LogP) is 1.60. The summed E-state index contributed by atoms with van der Waals surface area (Å²) in [5.74, 6) is -0.221. The summed E-state index contributed by atoms with van der Waals surface area (Å²) in [6.45, 7) is 5.70. The van der Waals surface area contributed by atoms with E-state index in [0.717, 1.165) is 0 Å². The standard InChI is InChI=1S/C11H17NO3S/c1-11(2,3)8-6-5-7-9(13)10(8)16(14,15)12-4/h5-7,12-13H,1-4H3. The van der Waals surface area contributed by atoms with Crippen LogP contribution in [-0.2, 0) is 15.4 Å². The number of sulfonamides is 1. The maximum Gasteiger partial charge on any atom is 0.244 e. The van der Waals surface area contributed by atoms with E-state index in [1.165, 1.54) is 13.1 Å². The van der Waals surface area contributed by atoms with Crippen molar-refractivity contribution < 1.29 is 13.5 Å². The Morgan fingerprint density at radius 2 is 1.81 bits per heavy atom. The summed E-state index contributed by atoms with van der Waals surface area (Å²) >= 11 is 0. The van der Waals surface area contributed by atoms with Crippen LogP contribution in [0, 0.1) is 0 Å². The van der Waals surface area contributed by atoms with Gasteiger partial charge in [0.15, 0.2) is 0 Å². The smallest absolute Gasteiger partial charge is 0.244 e. The molecule has 2 N–H and O–H groups in total. The molecular weight excluding hydrogens is 226 g/mol. The number of rotatable bonds is 2. The lowest BCUT2D eigenvalue weighted by atomic mass is 9.87. The Bertz CT molecular complexity index is 486. The minimum Gasteiger partial charge on any atom is -0.507 e. The molecule has 0 radical (unpaired) electrons. The lowest BCUT2D eigenvalue weighted by Gasteiger charge is -2.23. The Balaban J connectivity index is 3.61. The summed E-state index contributed by atoms with van der Waals surface area (Å²) in [4.78, 5) is -0.0370. The third kappa shape index (κ3) is 2.36. The van der Waals surface area contributed by atoms with Gasteiger partial charge in [-0.2, -0.15) is 0 Å². The van der Waals surface area contributed by atoms with Gasteiger partial charge >= 0.3 is 0 Å². The van der Waals surface area contributed by atoms with Gasteiger partial charge in [0.25, 0.3) is 0 Å². The van der Waals surface area contributed by atoms with E-state index in [1.807, 2.05) is 20.8 Å². The lowest BCUT2D eigenvalue weighted by Crippen LogP contribution is -2.24. The second-order valence-electron chi connectivity index (χ2n) is 4.61. The van der Waals surface area contributed by atoms with Crippen molar-refractivity contribution >= 4 is 10.0 Å². The molecule has 0 amide bonds. The number of phenols is 1. The number of benzene rings is 1. The molecule has 0 fully saturated rings. The molecule has 0 unspecified atom stereocenters. The molecule has 0 heterocycles. The van der Waals surface area contributed by atoms with Crippen molar-refractivity contribution in [2.45, 2.75) is 31.1 Å². The number of nitrogens with one attached hydrogen (secondary N) is 1. The summed E-state index contributed by atoms with van der Waals surface area (Å²) in [5.41, 5.74) is 0.250. The lowest BCUT2D eigenvalue weighted by molar-refractivity contribution is 0.449. The van der Waals surface area contributed by atoms with E-state index >= 15 is 0 Å². The number of hydrogen-bond donors (Lipinski definition) is 2. The Kier molecular flexibility index (Phi) is 3.30. The molecule has 0 aliphatic rings. The zero-order valence-electron chi connectivity index (χ0n) is 9.90. The first-order valence-electron chi connectivity index (χ1n) is 4.96. The summed E-state index contributed by atoms with van der Waals surface area (Å²) in [6, 6.07) is 4.73. The van der Waals surface area contributed by atoms with E-state index in [4.69, 9.17) is 0 Å². The van der Waals surface area contributed by atoms with Gasteiger partial charge < -0.3 is 5.11 Å². The topological polar surface area (TPSA) is 66.4 Å². The largest absolute Gasteiger partial charge is 0.507 e. The van der Waals surface area contributed by atoms with E-state index in [-0.39, 0.29) is 16.1 Å². The predicted molar refractivity (Wildman–Crippen MR) is 63.1 cm³/mol. The van der Waals surface area contributed by atoms with Crippen LogP contribution in [0.3, 0.4) is 0 Å². The van der Waals surface area contributed by atoms with Crippen LogP contribution >= 0.6 is 0 Å². The molecular formula is C11H17NO3S. The molecule has 1 aromatic carbocycles. The highest BCUT2D eigenvalue weighted by Crippen LogP contribution is 2.34. The van der Waals surface area contributed by atoms with Crippen LogP contribution < -0.4 is 4.72 Å². The number of phenolic OH excluding ortho intramolecular Hbond substituents is 1. The molecule has 0 aromatic heterocycles. The molecule has 16 heavy (non-hydrogen) atoms. The van der Waals surface area contributed by atoms with Crippen molar-refractivity contribution in [3.63, 3.8) is 0 Å². The molecule has 1 aromatic rings. The van der Waals surface area contributed by atoms with Crippen LogP contribution in [-0.4, -0.2) is 20.6 Å². The summed E-state index contributed by atoms with van der Waals surface area (Å²) in [6.07, 6.45) is 0. The summed E-state index contributed by atoms with van der Waals surface area (Å²) < 4.78 is 25.9. The maximum atomic E-state index is 11.8. The van der Waals surface area contributed by atoms with Crippen LogP contribution in [0.4, 0.5) is 0 Å². The minimum absolute atomic E-state index is 0.0370. The highest BCUT2D eigenvalue weighted by Gasteiger charge is 2.27. The van der Waals surface area contributed by atoms with Gasteiger partial charge in [0.2, 0.25) is 10.0 Å². The minimum atomic E-state index is -3.64. The molecule has 0 atom stereocenters. The zero-order chi connectivity index (χ0) is 12.6. The van der Waals surface area contributed by atoms with Gasteiger partial charge in [0.05, 0.1) is 0 Å². The molecule has 0 spiro atoms. The van der Waals surface area contributed by atoms with Crippen molar-refractivity contribution in [3.8, 4) is 5.75 Å². The highest BCUT2D eigenvalue weighted by molar-refractivity contribution is 7.89. The van der Waals surface area contributed by atoms with E-state index in [1.54, 1.807) is 12.1 Å². The average molecular weight is 243 g/mol. The quantitative estimate of drug-likeness (QED) is 0.829. The van der Waals surface area contributed by atoms with Gasteiger partial charge in [-0.05, 0) is 24.1 Å². The summed E-state index contributed by atoms with van der Waals surface area (Å²) in [7, 11) is -2.32. The normalized spacial score (nSPS) is 12.8.